The second kappa shape index (κ2) is 9.96. The number of carbonyl (C=O) groups excluding carboxylic acids is 1. The van der Waals surface area contributed by atoms with Gasteiger partial charge in [-0.25, -0.2) is 4.79 Å². The third-order valence-corrected chi connectivity index (χ3v) is 3.98. The Morgan fingerprint density at radius 3 is 2.62 bits per heavy atom. The maximum absolute atomic E-state index is 12.1. The molecule has 0 aromatic heterocycles. The molecule has 2 aromatic carbocycles. The van der Waals surface area contributed by atoms with E-state index in [0.29, 0.717) is 24.4 Å². The first kappa shape index (κ1) is 18.3. The van der Waals surface area contributed by atoms with Crippen LogP contribution >= 0.6 is 11.6 Å². The Balaban J connectivity index is 1.83. The molecule has 0 aliphatic heterocycles. The monoisotopic (exact) mass is 346 g/mol. The van der Waals surface area contributed by atoms with E-state index in [1.54, 1.807) is 0 Å². The number of aliphatic hydroxyl groups excluding tert-OH is 1. The molecule has 0 aliphatic rings. The first-order valence-corrected chi connectivity index (χ1v) is 8.51. The average Bonchev–Trinajstić information content (AvgIpc) is 2.59. The minimum Gasteiger partial charge on any atom is -0.396 e. The first-order valence-electron chi connectivity index (χ1n) is 8.13. The van der Waals surface area contributed by atoms with Gasteiger partial charge < -0.3 is 15.7 Å². The maximum Gasteiger partial charge on any atom is 0.315 e. The lowest BCUT2D eigenvalue weighted by molar-refractivity contribution is 0.233. The van der Waals surface area contributed by atoms with E-state index in [1.165, 1.54) is 0 Å². The molecule has 0 aliphatic carbocycles. The van der Waals surface area contributed by atoms with Gasteiger partial charge in [-0.05, 0) is 42.5 Å². The van der Waals surface area contributed by atoms with Crippen LogP contribution in [0.15, 0.2) is 54.6 Å². The molecular formula is C19H23ClN2O2. The first-order chi connectivity index (χ1) is 11.7. The lowest BCUT2D eigenvalue weighted by atomic mass is 10.0. The molecule has 2 aromatic rings. The smallest absolute Gasteiger partial charge is 0.315 e. The van der Waals surface area contributed by atoms with E-state index < -0.39 is 0 Å². The minimum absolute atomic E-state index is 0.107. The van der Waals surface area contributed by atoms with Crippen molar-refractivity contribution in [3.05, 3.63) is 70.7 Å². The predicted molar refractivity (Wildman–Crippen MR) is 97.2 cm³/mol. The van der Waals surface area contributed by atoms with Crippen molar-refractivity contribution in [3.63, 3.8) is 0 Å². The molecule has 2 rings (SSSR count). The summed E-state index contributed by atoms with van der Waals surface area (Å²) >= 11 is 5.95. The van der Waals surface area contributed by atoms with Gasteiger partial charge in [-0.15, -0.1) is 0 Å². The third-order valence-electron chi connectivity index (χ3n) is 3.75. The van der Waals surface area contributed by atoms with Crippen molar-refractivity contribution in [3.8, 4) is 0 Å². The summed E-state index contributed by atoms with van der Waals surface area (Å²) in [5.41, 5.74) is 2.12. The largest absolute Gasteiger partial charge is 0.396 e. The lowest BCUT2D eigenvalue weighted by Crippen LogP contribution is -2.39. The molecule has 5 heteroatoms. The molecule has 0 fully saturated rings. The number of amides is 2. The lowest BCUT2D eigenvalue weighted by Gasteiger charge is -2.19. The summed E-state index contributed by atoms with van der Waals surface area (Å²) in [5, 5.41) is 15.6. The molecule has 0 heterocycles. The molecule has 24 heavy (non-hydrogen) atoms. The number of hydrogen-bond donors (Lipinski definition) is 3. The van der Waals surface area contributed by atoms with Gasteiger partial charge >= 0.3 is 6.03 Å². The van der Waals surface area contributed by atoms with E-state index in [0.717, 1.165) is 17.5 Å². The zero-order valence-corrected chi connectivity index (χ0v) is 14.3. The van der Waals surface area contributed by atoms with Crippen molar-refractivity contribution in [2.45, 2.75) is 25.3 Å². The predicted octanol–water partition coefficient (Wildman–Crippen LogP) is 3.70. The Bertz CT molecular complexity index is 634. The molecule has 128 valence electrons. The molecule has 3 N–H and O–H groups in total. The number of nitrogens with one attached hydrogen (secondary N) is 2. The van der Waals surface area contributed by atoms with Gasteiger partial charge in [0.2, 0.25) is 0 Å². The number of hydrogen-bond acceptors (Lipinski definition) is 2. The Kier molecular flexibility index (Phi) is 7.59. The van der Waals surface area contributed by atoms with Gasteiger partial charge in [0.05, 0.1) is 6.04 Å². The number of benzene rings is 2. The molecule has 0 saturated carbocycles. The molecular weight excluding hydrogens is 324 g/mol. The number of carbonyl (C=O) groups is 1. The van der Waals surface area contributed by atoms with Gasteiger partial charge in [0.1, 0.15) is 0 Å². The van der Waals surface area contributed by atoms with Crippen molar-refractivity contribution in [2.24, 2.45) is 0 Å². The van der Waals surface area contributed by atoms with Crippen LogP contribution in [0, 0.1) is 0 Å². The summed E-state index contributed by atoms with van der Waals surface area (Å²) in [4.78, 5) is 12.1. The second-order valence-electron chi connectivity index (χ2n) is 5.61. The summed E-state index contributed by atoms with van der Waals surface area (Å²) in [6.07, 6.45) is 2.06. The zero-order chi connectivity index (χ0) is 17.2. The number of aliphatic hydroxyl groups is 1. The SMILES string of the molecule is O=C(NCCc1cccc(Cl)c1)NC(CCCO)c1ccccc1. The highest BCUT2D eigenvalue weighted by Gasteiger charge is 2.13. The zero-order valence-electron chi connectivity index (χ0n) is 13.5. The van der Waals surface area contributed by atoms with Crippen LogP contribution in [0.4, 0.5) is 4.79 Å². The topological polar surface area (TPSA) is 61.4 Å². The highest BCUT2D eigenvalue weighted by molar-refractivity contribution is 6.30. The molecule has 4 nitrogen and oxygen atoms in total. The van der Waals surface area contributed by atoms with Crippen LogP contribution in [-0.4, -0.2) is 24.3 Å². The number of halogens is 1. The molecule has 1 unspecified atom stereocenters. The van der Waals surface area contributed by atoms with Gasteiger partial charge in [-0.1, -0.05) is 54.1 Å². The van der Waals surface area contributed by atoms with Crippen LogP contribution in [0.25, 0.3) is 0 Å². The van der Waals surface area contributed by atoms with Gasteiger partial charge in [-0.3, -0.25) is 0 Å². The van der Waals surface area contributed by atoms with Crippen LogP contribution < -0.4 is 10.6 Å². The third kappa shape index (κ3) is 6.22. The van der Waals surface area contributed by atoms with Crippen LogP contribution in [0.5, 0.6) is 0 Å². The highest BCUT2D eigenvalue weighted by Crippen LogP contribution is 2.18. The van der Waals surface area contributed by atoms with Crippen LogP contribution in [0.3, 0.4) is 0 Å². The fourth-order valence-electron chi connectivity index (χ4n) is 2.53. The standard InChI is InChI=1S/C19H23ClN2O2/c20-17-9-4-6-15(14-17)11-12-21-19(24)22-18(10-5-13-23)16-7-2-1-3-8-16/h1-4,6-9,14,18,23H,5,10-13H2,(H2,21,22,24). The summed E-state index contributed by atoms with van der Waals surface area (Å²) < 4.78 is 0. The van der Waals surface area contributed by atoms with Crippen molar-refractivity contribution >= 4 is 17.6 Å². The summed E-state index contributed by atoms with van der Waals surface area (Å²) in [6, 6.07) is 17.1. The summed E-state index contributed by atoms with van der Waals surface area (Å²) in [7, 11) is 0. The summed E-state index contributed by atoms with van der Waals surface area (Å²) in [6.45, 7) is 0.648. The molecule has 2 amide bonds. The van der Waals surface area contributed by atoms with Gasteiger partial charge in [0.15, 0.2) is 0 Å². The Morgan fingerprint density at radius 2 is 1.92 bits per heavy atom. The Morgan fingerprint density at radius 1 is 1.12 bits per heavy atom. The van der Waals surface area contributed by atoms with Gasteiger partial charge in [0, 0.05) is 18.2 Å². The maximum atomic E-state index is 12.1. The van der Waals surface area contributed by atoms with Gasteiger partial charge in [0.25, 0.3) is 0 Å². The quantitative estimate of drug-likeness (QED) is 0.682. The highest BCUT2D eigenvalue weighted by atomic mass is 35.5. The van der Waals surface area contributed by atoms with E-state index in [9.17, 15) is 4.79 Å². The van der Waals surface area contributed by atoms with Crippen molar-refractivity contribution in [2.75, 3.05) is 13.2 Å². The van der Waals surface area contributed by atoms with Crippen molar-refractivity contribution < 1.29 is 9.90 Å². The average molecular weight is 347 g/mol. The van der Waals surface area contributed by atoms with Gasteiger partial charge in [-0.2, -0.15) is 0 Å². The Hall–Kier alpha value is -2.04. The molecule has 0 saturated heterocycles. The molecule has 0 radical (unpaired) electrons. The number of urea groups is 1. The van der Waals surface area contributed by atoms with E-state index in [1.807, 2.05) is 54.6 Å². The molecule has 1 atom stereocenters. The van der Waals surface area contributed by atoms with E-state index in [4.69, 9.17) is 16.7 Å². The van der Waals surface area contributed by atoms with Crippen LogP contribution in [0.1, 0.15) is 30.0 Å². The minimum atomic E-state index is -0.205. The normalized spacial score (nSPS) is 11.8. The summed E-state index contributed by atoms with van der Waals surface area (Å²) in [5.74, 6) is 0. The second-order valence-corrected chi connectivity index (χ2v) is 6.05. The van der Waals surface area contributed by atoms with E-state index in [2.05, 4.69) is 10.6 Å². The van der Waals surface area contributed by atoms with E-state index >= 15 is 0 Å². The Labute approximate surface area is 147 Å². The number of rotatable bonds is 8. The fourth-order valence-corrected chi connectivity index (χ4v) is 2.74. The van der Waals surface area contributed by atoms with Crippen LogP contribution in [0.2, 0.25) is 5.02 Å². The van der Waals surface area contributed by atoms with Crippen molar-refractivity contribution in [1.29, 1.82) is 0 Å². The fraction of sp³-hybridized carbons (Fsp3) is 0.316. The van der Waals surface area contributed by atoms with Crippen molar-refractivity contribution in [1.82, 2.24) is 10.6 Å². The van der Waals surface area contributed by atoms with E-state index in [-0.39, 0.29) is 18.7 Å². The van der Waals surface area contributed by atoms with Crippen LogP contribution in [-0.2, 0) is 6.42 Å². The molecule has 0 spiro atoms. The molecule has 0 bridgehead atoms.